The highest BCUT2D eigenvalue weighted by Gasteiger charge is 2.25. The van der Waals surface area contributed by atoms with Crippen LogP contribution in [-0.2, 0) is 0 Å². The number of hydrogen-bond acceptors (Lipinski definition) is 4. The average molecular weight is 668 g/mol. The van der Waals surface area contributed by atoms with Gasteiger partial charge in [-0.2, -0.15) is 4.98 Å². The van der Waals surface area contributed by atoms with E-state index in [1.54, 1.807) is 0 Å². The molecule has 5 heteroatoms. The lowest BCUT2D eigenvalue weighted by Gasteiger charge is -2.12. The molecule has 0 amide bonds. The number of furan rings is 1. The Balaban J connectivity index is 1.26. The second-order valence-corrected chi connectivity index (χ2v) is 14.3. The van der Waals surface area contributed by atoms with E-state index in [1.165, 1.54) is 63.3 Å². The number of rotatable bonds is 2. The lowest BCUT2D eigenvalue weighted by atomic mass is 9.98. The summed E-state index contributed by atoms with van der Waals surface area (Å²) >= 11 is 1.85. The highest BCUT2D eigenvalue weighted by atomic mass is 32.1. The van der Waals surface area contributed by atoms with Crippen molar-refractivity contribution in [2.24, 2.45) is 0 Å². The van der Waals surface area contributed by atoms with Crippen molar-refractivity contribution in [1.29, 1.82) is 0 Å². The van der Waals surface area contributed by atoms with Crippen molar-refractivity contribution in [1.82, 2.24) is 14.5 Å². The van der Waals surface area contributed by atoms with E-state index in [1.807, 2.05) is 23.5 Å². The number of aromatic nitrogens is 3. The van der Waals surface area contributed by atoms with Gasteiger partial charge in [-0.15, -0.1) is 11.3 Å². The molecule has 4 nitrogen and oxygen atoms in total. The Morgan fingerprint density at radius 1 is 0.490 bits per heavy atom. The van der Waals surface area contributed by atoms with Gasteiger partial charge in [0.15, 0.2) is 0 Å². The van der Waals surface area contributed by atoms with Gasteiger partial charge in [-0.05, 0) is 51.2 Å². The fourth-order valence-corrected chi connectivity index (χ4v) is 9.65. The first-order valence-electron chi connectivity index (χ1n) is 17.2. The van der Waals surface area contributed by atoms with Gasteiger partial charge >= 0.3 is 0 Å². The highest BCUT2D eigenvalue weighted by molar-refractivity contribution is 7.27. The molecule has 12 rings (SSSR count). The van der Waals surface area contributed by atoms with E-state index in [4.69, 9.17) is 14.4 Å². The summed E-state index contributed by atoms with van der Waals surface area (Å²) in [7, 11) is 0. The van der Waals surface area contributed by atoms with Gasteiger partial charge in [0.05, 0.1) is 22.1 Å². The first-order chi connectivity index (χ1) is 25.3. The largest absolute Gasteiger partial charge is 0.437 e. The summed E-state index contributed by atoms with van der Waals surface area (Å²) in [5.41, 5.74) is 5.43. The van der Waals surface area contributed by atoms with E-state index in [2.05, 4.69) is 144 Å². The average Bonchev–Trinajstić information content (AvgIpc) is 3.87. The molecule has 0 saturated heterocycles. The van der Waals surface area contributed by atoms with Gasteiger partial charge in [0.25, 0.3) is 0 Å². The number of benzene rings is 8. The van der Waals surface area contributed by atoms with E-state index in [0.717, 1.165) is 38.6 Å². The van der Waals surface area contributed by atoms with Crippen LogP contribution in [0.3, 0.4) is 0 Å². The maximum Gasteiger partial charge on any atom is 0.238 e. The predicted molar refractivity (Wildman–Crippen MR) is 214 cm³/mol. The van der Waals surface area contributed by atoms with E-state index < -0.39 is 0 Å². The first kappa shape index (κ1) is 27.3. The molecule has 0 saturated carbocycles. The molecule has 0 atom stereocenters. The van der Waals surface area contributed by atoms with Crippen molar-refractivity contribution in [2.75, 3.05) is 0 Å². The predicted octanol–water partition coefficient (Wildman–Crippen LogP) is 13.0. The third-order valence-corrected chi connectivity index (χ3v) is 11.8. The SMILES string of the molecule is c1ccc2c(c1)ccc1cc(-c3nc(-n4c5ccccc5c5c6ccccc6c6sc7ccccc7c6c54)nc4oc5ccccc5c34)ccc12. The summed E-state index contributed by atoms with van der Waals surface area (Å²) in [6.07, 6.45) is 0. The molecule has 0 aliphatic carbocycles. The second-order valence-electron chi connectivity index (χ2n) is 13.3. The molecule has 0 aliphatic heterocycles. The van der Waals surface area contributed by atoms with Crippen molar-refractivity contribution in [3.63, 3.8) is 0 Å². The number of para-hydroxylation sites is 2. The van der Waals surface area contributed by atoms with Crippen LogP contribution in [-0.4, -0.2) is 14.5 Å². The zero-order valence-electron chi connectivity index (χ0n) is 27.1. The molecule has 0 radical (unpaired) electrons. The van der Waals surface area contributed by atoms with Crippen LogP contribution in [0.2, 0.25) is 0 Å². The molecule has 12 aromatic rings. The number of fused-ring (bicyclic) bond motifs is 16. The van der Waals surface area contributed by atoms with Crippen LogP contribution in [0, 0.1) is 0 Å². The molecular weight excluding hydrogens is 643 g/mol. The summed E-state index contributed by atoms with van der Waals surface area (Å²) in [5, 5.41) is 14.1. The van der Waals surface area contributed by atoms with Crippen LogP contribution >= 0.6 is 11.3 Å². The van der Waals surface area contributed by atoms with Crippen molar-refractivity contribution < 1.29 is 4.42 Å². The maximum absolute atomic E-state index is 6.57. The van der Waals surface area contributed by atoms with Gasteiger partial charge in [0, 0.05) is 47.3 Å². The fraction of sp³-hybridized carbons (Fsp3) is 0. The molecule has 8 aromatic carbocycles. The summed E-state index contributed by atoms with van der Waals surface area (Å²) < 4.78 is 11.4. The Labute approximate surface area is 294 Å². The van der Waals surface area contributed by atoms with Gasteiger partial charge in [0.1, 0.15) is 5.58 Å². The molecule has 4 aromatic heterocycles. The van der Waals surface area contributed by atoms with Crippen LogP contribution in [0.4, 0.5) is 0 Å². The third-order valence-electron chi connectivity index (χ3n) is 10.6. The number of thiophene rings is 1. The molecule has 0 unspecified atom stereocenters. The summed E-state index contributed by atoms with van der Waals surface area (Å²) in [6, 6.07) is 54.1. The van der Waals surface area contributed by atoms with Gasteiger partial charge in [-0.3, -0.25) is 4.57 Å². The van der Waals surface area contributed by atoms with Gasteiger partial charge in [-0.1, -0.05) is 127 Å². The van der Waals surface area contributed by atoms with Gasteiger partial charge in [0.2, 0.25) is 11.7 Å². The summed E-state index contributed by atoms with van der Waals surface area (Å²) in [4.78, 5) is 10.8. The van der Waals surface area contributed by atoms with E-state index >= 15 is 0 Å². The van der Waals surface area contributed by atoms with Gasteiger partial charge in [-0.25, -0.2) is 4.98 Å². The normalized spacial score (nSPS) is 12.3. The quantitative estimate of drug-likeness (QED) is 0.172. The molecule has 0 aliphatic rings. The van der Waals surface area contributed by atoms with Crippen LogP contribution in [0.25, 0.3) is 114 Å². The number of nitrogens with zero attached hydrogens (tertiary/aromatic N) is 3. The minimum Gasteiger partial charge on any atom is -0.437 e. The van der Waals surface area contributed by atoms with Crippen molar-refractivity contribution in [3.8, 4) is 17.2 Å². The second kappa shape index (κ2) is 10.0. The zero-order chi connectivity index (χ0) is 33.2. The standard InChI is InChI=1S/C46H25N3OS/c1-2-12-29-26(11-1)21-22-27-25-28(23-24-30(27)29)42-40-34-16-6-9-19-37(34)50-45(40)48-46(47-42)49-36-18-8-5-15-33(36)39-31-13-3-4-14-32(31)44-41(43(39)49)35-17-7-10-20-38(35)51-44/h1-25H. The van der Waals surface area contributed by atoms with Crippen LogP contribution in [0.1, 0.15) is 0 Å². The van der Waals surface area contributed by atoms with Crippen LogP contribution in [0.15, 0.2) is 156 Å². The van der Waals surface area contributed by atoms with Crippen molar-refractivity contribution in [2.45, 2.75) is 0 Å². The molecule has 4 heterocycles. The minimum absolute atomic E-state index is 0.577. The molecule has 0 spiro atoms. The zero-order valence-corrected chi connectivity index (χ0v) is 27.9. The molecule has 0 fully saturated rings. The first-order valence-corrected chi connectivity index (χ1v) is 18.0. The van der Waals surface area contributed by atoms with E-state index in [9.17, 15) is 0 Å². The van der Waals surface area contributed by atoms with E-state index in [0.29, 0.717) is 11.7 Å². The Kier molecular flexibility index (Phi) is 5.35. The summed E-state index contributed by atoms with van der Waals surface area (Å²) in [6.45, 7) is 0. The molecule has 236 valence electrons. The smallest absolute Gasteiger partial charge is 0.238 e. The van der Waals surface area contributed by atoms with Crippen LogP contribution in [0.5, 0.6) is 0 Å². The monoisotopic (exact) mass is 667 g/mol. The highest BCUT2D eigenvalue weighted by Crippen LogP contribution is 2.48. The molecular formula is C46H25N3OS. The van der Waals surface area contributed by atoms with Crippen molar-refractivity contribution in [3.05, 3.63) is 152 Å². The Morgan fingerprint density at radius 3 is 2.08 bits per heavy atom. The number of hydrogen-bond donors (Lipinski definition) is 0. The van der Waals surface area contributed by atoms with Gasteiger partial charge < -0.3 is 4.42 Å². The Morgan fingerprint density at radius 2 is 1.18 bits per heavy atom. The Bertz CT molecular complexity index is 3440. The minimum atomic E-state index is 0.577. The molecule has 51 heavy (non-hydrogen) atoms. The van der Waals surface area contributed by atoms with E-state index in [-0.39, 0.29) is 0 Å². The fourth-order valence-electron chi connectivity index (χ4n) is 8.41. The molecule has 0 bridgehead atoms. The third kappa shape index (κ3) is 3.68. The topological polar surface area (TPSA) is 43.9 Å². The Hall–Kier alpha value is -6.56. The van der Waals surface area contributed by atoms with Crippen LogP contribution < -0.4 is 0 Å². The summed E-state index contributed by atoms with van der Waals surface area (Å²) in [5.74, 6) is 0.591. The lowest BCUT2D eigenvalue weighted by molar-refractivity contribution is 0.651. The maximum atomic E-state index is 6.57. The lowest BCUT2D eigenvalue weighted by Crippen LogP contribution is -2.03. The van der Waals surface area contributed by atoms with Crippen molar-refractivity contribution >= 4 is 108 Å². The molecule has 0 N–H and O–H groups in total.